The first-order chi connectivity index (χ1) is 7.35. The number of ketones is 1. The summed E-state index contributed by atoms with van der Waals surface area (Å²) in [5.41, 5.74) is 0.521. The van der Waals surface area contributed by atoms with Crippen LogP contribution >= 0.6 is 0 Å². The van der Waals surface area contributed by atoms with Crippen LogP contribution in [0.5, 0.6) is 0 Å². The summed E-state index contributed by atoms with van der Waals surface area (Å²) >= 11 is 0. The van der Waals surface area contributed by atoms with Crippen LogP contribution in [0, 0.1) is 11.3 Å². The van der Waals surface area contributed by atoms with Gasteiger partial charge in [-0.25, -0.2) is 0 Å². The standard InChI is InChI=1S/C13H20O3/c1-9-5-6-11(7-8-16-10(2)14)13(3,4)12(9)15/h5,11H,6-8H2,1-4H3. The molecule has 1 unspecified atom stereocenters. The summed E-state index contributed by atoms with van der Waals surface area (Å²) in [6, 6.07) is 0. The Morgan fingerprint density at radius 3 is 2.75 bits per heavy atom. The molecule has 0 saturated heterocycles. The van der Waals surface area contributed by atoms with E-state index in [0.717, 1.165) is 18.4 Å². The van der Waals surface area contributed by atoms with Gasteiger partial charge in [-0.3, -0.25) is 9.59 Å². The Balaban J connectivity index is 2.61. The van der Waals surface area contributed by atoms with E-state index < -0.39 is 0 Å². The molecule has 90 valence electrons. The summed E-state index contributed by atoms with van der Waals surface area (Å²) in [7, 11) is 0. The van der Waals surface area contributed by atoms with Crippen LogP contribution in [0.1, 0.15) is 40.5 Å². The molecule has 3 nitrogen and oxygen atoms in total. The maximum Gasteiger partial charge on any atom is 0.302 e. The third kappa shape index (κ3) is 2.71. The predicted octanol–water partition coefficient (Wildman–Crippen LogP) is 2.50. The molecule has 1 atom stereocenters. The Morgan fingerprint density at radius 1 is 1.56 bits per heavy atom. The molecular weight excluding hydrogens is 204 g/mol. The van der Waals surface area contributed by atoms with Gasteiger partial charge in [0.25, 0.3) is 0 Å². The van der Waals surface area contributed by atoms with Crippen LogP contribution < -0.4 is 0 Å². The van der Waals surface area contributed by atoms with E-state index in [9.17, 15) is 9.59 Å². The minimum absolute atomic E-state index is 0.214. The zero-order chi connectivity index (χ0) is 12.3. The summed E-state index contributed by atoms with van der Waals surface area (Å²) in [6.07, 6.45) is 3.64. The van der Waals surface area contributed by atoms with Gasteiger partial charge in [-0.05, 0) is 31.3 Å². The third-order valence-corrected chi connectivity index (χ3v) is 3.44. The molecule has 0 aromatic heterocycles. The fourth-order valence-corrected chi connectivity index (χ4v) is 2.22. The van der Waals surface area contributed by atoms with Crippen LogP contribution in [0.2, 0.25) is 0 Å². The van der Waals surface area contributed by atoms with Crippen molar-refractivity contribution in [1.82, 2.24) is 0 Å². The van der Waals surface area contributed by atoms with Gasteiger partial charge in [0, 0.05) is 12.3 Å². The Bertz CT molecular complexity index is 326. The summed E-state index contributed by atoms with van der Waals surface area (Å²) in [6.45, 7) is 7.63. The van der Waals surface area contributed by atoms with Crippen molar-refractivity contribution in [3.63, 3.8) is 0 Å². The fourth-order valence-electron chi connectivity index (χ4n) is 2.22. The zero-order valence-electron chi connectivity index (χ0n) is 10.5. The molecule has 0 heterocycles. The van der Waals surface area contributed by atoms with Crippen LogP contribution in [-0.2, 0) is 14.3 Å². The lowest BCUT2D eigenvalue weighted by atomic mass is 9.67. The fraction of sp³-hybridized carbons (Fsp3) is 0.692. The number of Topliss-reactive ketones (excluding diaryl/α,β-unsaturated/α-hetero) is 1. The lowest BCUT2D eigenvalue weighted by molar-refractivity contribution is -0.141. The molecule has 3 heteroatoms. The molecule has 1 aliphatic rings. The smallest absolute Gasteiger partial charge is 0.302 e. The molecule has 0 spiro atoms. The Labute approximate surface area is 96.9 Å². The van der Waals surface area contributed by atoms with Crippen LogP contribution in [0.15, 0.2) is 11.6 Å². The van der Waals surface area contributed by atoms with Crippen molar-refractivity contribution < 1.29 is 14.3 Å². The third-order valence-electron chi connectivity index (χ3n) is 3.44. The minimum Gasteiger partial charge on any atom is -0.466 e. The van der Waals surface area contributed by atoms with Gasteiger partial charge >= 0.3 is 5.97 Å². The molecule has 0 aromatic carbocycles. The van der Waals surface area contributed by atoms with E-state index in [1.165, 1.54) is 6.92 Å². The molecule has 0 fully saturated rings. The van der Waals surface area contributed by atoms with Crippen molar-refractivity contribution in [3.05, 3.63) is 11.6 Å². The molecule has 16 heavy (non-hydrogen) atoms. The lowest BCUT2D eigenvalue weighted by Gasteiger charge is -2.36. The quantitative estimate of drug-likeness (QED) is 0.692. The second-order valence-electron chi connectivity index (χ2n) is 5.00. The van der Waals surface area contributed by atoms with Gasteiger partial charge in [0.1, 0.15) is 0 Å². The average molecular weight is 224 g/mol. The average Bonchev–Trinajstić information content (AvgIpc) is 2.18. The topological polar surface area (TPSA) is 43.4 Å². The predicted molar refractivity (Wildman–Crippen MR) is 61.9 cm³/mol. The summed E-state index contributed by atoms with van der Waals surface area (Å²) in [5, 5.41) is 0. The SMILES string of the molecule is CC(=O)OCCC1CC=C(C)C(=O)C1(C)C. The van der Waals surface area contributed by atoms with Gasteiger partial charge in [-0.2, -0.15) is 0 Å². The second kappa shape index (κ2) is 4.81. The first-order valence-corrected chi connectivity index (χ1v) is 5.70. The van der Waals surface area contributed by atoms with Crippen molar-refractivity contribution in [1.29, 1.82) is 0 Å². The molecule has 0 bridgehead atoms. The molecule has 0 aliphatic heterocycles. The molecule has 0 radical (unpaired) electrons. The highest BCUT2D eigenvalue weighted by Crippen LogP contribution is 2.39. The van der Waals surface area contributed by atoms with Gasteiger partial charge in [-0.1, -0.05) is 19.9 Å². The highest BCUT2D eigenvalue weighted by molar-refractivity contribution is 5.99. The summed E-state index contributed by atoms with van der Waals surface area (Å²) in [5.74, 6) is 0.223. The van der Waals surface area contributed by atoms with Gasteiger partial charge in [0.2, 0.25) is 0 Å². The molecule has 0 aromatic rings. The number of hydrogen-bond donors (Lipinski definition) is 0. The van der Waals surface area contributed by atoms with Crippen LogP contribution in [-0.4, -0.2) is 18.4 Å². The van der Waals surface area contributed by atoms with Crippen LogP contribution in [0.25, 0.3) is 0 Å². The molecular formula is C13H20O3. The van der Waals surface area contributed by atoms with E-state index in [-0.39, 0.29) is 23.1 Å². The minimum atomic E-state index is -0.334. The van der Waals surface area contributed by atoms with Gasteiger partial charge in [0.15, 0.2) is 5.78 Å². The maximum atomic E-state index is 12.0. The van der Waals surface area contributed by atoms with E-state index in [1.54, 1.807) is 0 Å². The normalized spacial score (nSPS) is 23.9. The molecule has 0 saturated carbocycles. The molecule has 0 N–H and O–H groups in total. The Kier molecular flexibility index (Phi) is 3.89. The van der Waals surface area contributed by atoms with Gasteiger partial charge in [-0.15, -0.1) is 0 Å². The van der Waals surface area contributed by atoms with E-state index in [4.69, 9.17) is 4.74 Å². The van der Waals surface area contributed by atoms with Gasteiger partial charge in [0.05, 0.1) is 6.61 Å². The number of allylic oxidation sites excluding steroid dienone is 2. The highest BCUT2D eigenvalue weighted by Gasteiger charge is 2.38. The maximum absolute atomic E-state index is 12.0. The van der Waals surface area contributed by atoms with Crippen LogP contribution in [0.3, 0.4) is 0 Å². The Hall–Kier alpha value is -1.12. The van der Waals surface area contributed by atoms with Crippen molar-refractivity contribution in [3.8, 4) is 0 Å². The van der Waals surface area contributed by atoms with Crippen molar-refractivity contribution >= 4 is 11.8 Å². The summed E-state index contributed by atoms with van der Waals surface area (Å²) in [4.78, 5) is 22.6. The number of carbonyl (C=O) groups excluding carboxylic acids is 2. The van der Waals surface area contributed by atoms with Crippen molar-refractivity contribution in [2.24, 2.45) is 11.3 Å². The first-order valence-electron chi connectivity index (χ1n) is 5.70. The first kappa shape index (κ1) is 12.9. The number of esters is 1. The molecule has 0 amide bonds. The van der Waals surface area contributed by atoms with E-state index in [1.807, 2.05) is 26.8 Å². The van der Waals surface area contributed by atoms with Crippen LogP contribution in [0.4, 0.5) is 0 Å². The van der Waals surface area contributed by atoms with Crippen molar-refractivity contribution in [2.45, 2.75) is 40.5 Å². The number of ether oxygens (including phenoxy) is 1. The van der Waals surface area contributed by atoms with E-state index in [0.29, 0.717) is 6.61 Å². The van der Waals surface area contributed by atoms with E-state index in [2.05, 4.69) is 0 Å². The zero-order valence-corrected chi connectivity index (χ0v) is 10.5. The number of hydrogen-bond acceptors (Lipinski definition) is 3. The number of carbonyl (C=O) groups is 2. The monoisotopic (exact) mass is 224 g/mol. The second-order valence-corrected chi connectivity index (χ2v) is 5.00. The largest absolute Gasteiger partial charge is 0.466 e. The van der Waals surface area contributed by atoms with Crippen molar-refractivity contribution in [2.75, 3.05) is 6.61 Å². The molecule has 1 rings (SSSR count). The van der Waals surface area contributed by atoms with Gasteiger partial charge < -0.3 is 4.74 Å². The Morgan fingerprint density at radius 2 is 2.19 bits per heavy atom. The van der Waals surface area contributed by atoms with E-state index >= 15 is 0 Å². The lowest BCUT2D eigenvalue weighted by Crippen LogP contribution is -2.37. The highest BCUT2D eigenvalue weighted by atomic mass is 16.5. The number of rotatable bonds is 3. The molecule has 1 aliphatic carbocycles. The summed E-state index contributed by atoms with van der Waals surface area (Å²) < 4.78 is 4.93.